The molecular weight excluding hydrogens is 693 g/mol. The van der Waals surface area contributed by atoms with Crippen molar-refractivity contribution in [2.75, 3.05) is 9.80 Å². The number of anilines is 5. The van der Waals surface area contributed by atoms with Crippen LogP contribution in [0.1, 0.15) is 97.9 Å². The van der Waals surface area contributed by atoms with Crippen molar-refractivity contribution in [2.45, 2.75) is 91.0 Å². The van der Waals surface area contributed by atoms with E-state index in [0.717, 1.165) is 42.7 Å². The molecule has 0 heterocycles. The summed E-state index contributed by atoms with van der Waals surface area (Å²) < 4.78 is 0. The number of nitrogens with zero attached hydrogens (tertiary/aromatic N) is 4. The molecule has 282 valence electrons. The first kappa shape index (κ1) is 36.5. The smallest absolute Gasteiger partial charge is 0.0991 e. The third-order valence-corrected chi connectivity index (χ3v) is 13.5. The number of aryl methyl sites for hydroxylation is 3. The van der Waals surface area contributed by atoms with Gasteiger partial charge in [-0.15, -0.1) is 0 Å². The summed E-state index contributed by atoms with van der Waals surface area (Å²) >= 11 is 0. The lowest BCUT2D eigenvalue weighted by molar-refractivity contribution is 0.378. The van der Waals surface area contributed by atoms with E-state index in [1.807, 2.05) is 12.1 Å². The molecule has 0 aliphatic heterocycles. The minimum atomic E-state index is -0.223. The summed E-state index contributed by atoms with van der Waals surface area (Å²) in [6.07, 6.45) is 3.94. The van der Waals surface area contributed by atoms with E-state index in [1.165, 1.54) is 72.6 Å². The molecule has 4 heteroatoms. The van der Waals surface area contributed by atoms with Crippen molar-refractivity contribution in [2.24, 2.45) is 5.92 Å². The van der Waals surface area contributed by atoms with Crippen LogP contribution >= 0.6 is 0 Å². The van der Waals surface area contributed by atoms with Gasteiger partial charge >= 0.3 is 0 Å². The van der Waals surface area contributed by atoms with Gasteiger partial charge in [-0.2, -0.15) is 10.5 Å². The Kier molecular flexibility index (Phi) is 8.67. The Morgan fingerprint density at radius 2 is 1.09 bits per heavy atom. The SMILES string of the molecule is Cc1ccccc1N(c1ccc(C#N)cc1)c1cc(C)c2c(c1)C(C)(C)c1cc3c(cc1-2)C(C)(C)c1cc(N(c2ccccc2C)C2CCC(C#N)CC2)ccc1-3. The van der Waals surface area contributed by atoms with Gasteiger partial charge < -0.3 is 9.80 Å². The fourth-order valence-corrected chi connectivity index (χ4v) is 10.3. The van der Waals surface area contributed by atoms with Crippen LogP contribution in [0.2, 0.25) is 0 Å². The van der Waals surface area contributed by atoms with Gasteiger partial charge in [0.15, 0.2) is 0 Å². The van der Waals surface area contributed by atoms with Crippen LogP contribution in [0, 0.1) is 49.4 Å². The van der Waals surface area contributed by atoms with Gasteiger partial charge in [-0.3, -0.25) is 0 Å². The molecule has 0 aromatic heterocycles. The molecule has 1 saturated carbocycles. The number of benzene rings is 6. The lowest BCUT2D eigenvalue weighted by Crippen LogP contribution is -2.35. The van der Waals surface area contributed by atoms with E-state index in [9.17, 15) is 10.5 Å². The van der Waals surface area contributed by atoms with E-state index in [-0.39, 0.29) is 16.7 Å². The first-order valence-electron chi connectivity index (χ1n) is 20.5. The fraction of sp³-hybridized carbons (Fsp3) is 0.283. The van der Waals surface area contributed by atoms with Crippen LogP contribution in [0.4, 0.5) is 28.4 Å². The summed E-state index contributed by atoms with van der Waals surface area (Å²) in [5, 5.41) is 19.2. The molecule has 0 atom stereocenters. The van der Waals surface area contributed by atoms with Crippen molar-refractivity contribution >= 4 is 28.4 Å². The van der Waals surface area contributed by atoms with E-state index >= 15 is 0 Å². The average Bonchev–Trinajstić information content (AvgIpc) is 3.58. The maximum Gasteiger partial charge on any atom is 0.0991 e. The molecule has 6 aromatic carbocycles. The van der Waals surface area contributed by atoms with Crippen LogP contribution < -0.4 is 9.80 Å². The average molecular weight is 743 g/mol. The third kappa shape index (κ3) is 5.77. The number of nitriles is 2. The summed E-state index contributed by atoms with van der Waals surface area (Å²) in [6, 6.07) is 47.4. The Balaban J connectivity index is 1.14. The van der Waals surface area contributed by atoms with Gasteiger partial charge in [0, 0.05) is 51.2 Å². The minimum Gasteiger partial charge on any atom is -0.338 e. The molecule has 0 bridgehead atoms. The Bertz CT molecular complexity index is 2660. The number of rotatable bonds is 6. The van der Waals surface area contributed by atoms with E-state index in [0.29, 0.717) is 11.6 Å². The van der Waals surface area contributed by atoms with Crippen LogP contribution in [0.15, 0.2) is 115 Å². The topological polar surface area (TPSA) is 54.1 Å². The van der Waals surface area contributed by atoms with Gasteiger partial charge in [-0.25, -0.2) is 0 Å². The zero-order valence-electron chi connectivity index (χ0n) is 34.2. The zero-order valence-corrected chi connectivity index (χ0v) is 34.2. The predicted molar refractivity (Wildman–Crippen MR) is 235 cm³/mol. The zero-order chi connectivity index (χ0) is 39.8. The van der Waals surface area contributed by atoms with Gasteiger partial charge in [0.25, 0.3) is 0 Å². The highest BCUT2D eigenvalue weighted by Gasteiger charge is 2.43. The third-order valence-electron chi connectivity index (χ3n) is 13.5. The monoisotopic (exact) mass is 742 g/mol. The van der Waals surface area contributed by atoms with E-state index in [4.69, 9.17) is 0 Å². The van der Waals surface area contributed by atoms with Crippen molar-refractivity contribution in [3.05, 3.63) is 160 Å². The molecule has 57 heavy (non-hydrogen) atoms. The van der Waals surface area contributed by atoms with Crippen molar-refractivity contribution < 1.29 is 0 Å². The van der Waals surface area contributed by atoms with Crippen LogP contribution in [-0.4, -0.2) is 6.04 Å². The second-order valence-corrected chi connectivity index (χ2v) is 17.7. The van der Waals surface area contributed by atoms with Crippen LogP contribution in [0.25, 0.3) is 22.3 Å². The number of para-hydroxylation sites is 2. The molecule has 9 rings (SSSR count). The van der Waals surface area contributed by atoms with Gasteiger partial charge in [-0.1, -0.05) is 70.2 Å². The van der Waals surface area contributed by atoms with Crippen molar-refractivity contribution in [1.29, 1.82) is 10.5 Å². The fourth-order valence-electron chi connectivity index (χ4n) is 10.3. The summed E-state index contributed by atoms with van der Waals surface area (Å²) in [4.78, 5) is 4.93. The molecule has 3 aliphatic carbocycles. The second kappa shape index (κ2) is 13.5. The molecule has 1 fully saturated rings. The lowest BCUT2D eigenvalue weighted by atomic mass is 9.79. The predicted octanol–water partition coefficient (Wildman–Crippen LogP) is 13.8. The molecular formula is C53H50N4. The Morgan fingerprint density at radius 3 is 1.74 bits per heavy atom. The minimum absolute atomic E-state index is 0.162. The summed E-state index contributed by atoms with van der Waals surface area (Å²) in [6.45, 7) is 16.2. The Labute approximate surface area is 338 Å². The van der Waals surface area contributed by atoms with Gasteiger partial charge in [0.05, 0.1) is 17.7 Å². The number of fused-ring (bicyclic) bond motifs is 6. The molecule has 4 nitrogen and oxygen atoms in total. The highest BCUT2D eigenvalue weighted by molar-refractivity contribution is 5.93. The Morgan fingerprint density at radius 1 is 0.526 bits per heavy atom. The highest BCUT2D eigenvalue weighted by atomic mass is 15.2. The summed E-state index contributed by atoms with van der Waals surface area (Å²) in [5.41, 5.74) is 20.6. The van der Waals surface area contributed by atoms with E-state index in [1.54, 1.807) is 0 Å². The molecule has 0 saturated heterocycles. The van der Waals surface area contributed by atoms with Gasteiger partial charge in [0.1, 0.15) is 0 Å². The van der Waals surface area contributed by atoms with Crippen LogP contribution in [-0.2, 0) is 10.8 Å². The Hall–Kier alpha value is -6.10. The molecule has 0 unspecified atom stereocenters. The second-order valence-electron chi connectivity index (χ2n) is 17.7. The summed E-state index contributed by atoms with van der Waals surface area (Å²) in [7, 11) is 0. The molecule has 3 aliphatic rings. The van der Waals surface area contributed by atoms with Gasteiger partial charge in [0.2, 0.25) is 0 Å². The lowest BCUT2D eigenvalue weighted by Gasteiger charge is -2.38. The first-order valence-corrected chi connectivity index (χ1v) is 20.5. The molecule has 0 N–H and O–H groups in total. The highest BCUT2D eigenvalue weighted by Crippen LogP contribution is 2.58. The molecule has 0 amide bonds. The van der Waals surface area contributed by atoms with Crippen LogP contribution in [0.5, 0.6) is 0 Å². The van der Waals surface area contributed by atoms with E-state index < -0.39 is 0 Å². The van der Waals surface area contributed by atoms with Crippen molar-refractivity contribution in [1.82, 2.24) is 0 Å². The molecule has 0 spiro atoms. The molecule has 0 radical (unpaired) electrons. The van der Waals surface area contributed by atoms with Crippen molar-refractivity contribution in [3.63, 3.8) is 0 Å². The van der Waals surface area contributed by atoms with Crippen LogP contribution in [0.3, 0.4) is 0 Å². The standard InChI is InChI=1S/C53H50N4/c1-33-12-8-10-14-49(33)56(38-20-16-36(31-54)17-21-38)40-24-25-42-43-29-47-44(30-46(43)52(4,5)45(42)27-40)51-35(3)26-41(28-48(51)53(47,6)7)57(50-15-11-9-13-34(50)2)39-22-18-37(32-55)19-23-39/h8-15,18-19,22-30,36,38H,16-17,20-21H2,1-7H3. The normalized spacial score (nSPS) is 18.1. The number of hydrogen-bond donors (Lipinski definition) is 0. The summed E-state index contributed by atoms with van der Waals surface area (Å²) in [5.74, 6) is 0.162. The van der Waals surface area contributed by atoms with Crippen molar-refractivity contribution in [3.8, 4) is 34.4 Å². The largest absolute Gasteiger partial charge is 0.338 e. The van der Waals surface area contributed by atoms with Gasteiger partial charge in [-0.05, 0) is 180 Å². The molecule has 6 aromatic rings. The maximum absolute atomic E-state index is 9.68. The van der Waals surface area contributed by atoms with E-state index in [2.05, 4.69) is 174 Å². The maximum atomic E-state index is 9.68. The quantitative estimate of drug-likeness (QED) is 0.170. The first-order chi connectivity index (χ1) is 27.4. The number of hydrogen-bond acceptors (Lipinski definition) is 4.